The molecule has 0 bridgehead atoms. The van der Waals surface area contributed by atoms with E-state index >= 15 is 0 Å². The van der Waals surface area contributed by atoms with Crippen molar-refractivity contribution in [1.29, 1.82) is 0 Å². The second kappa shape index (κ2) is 13.9. The van der Waals surface area contributed by atoms with Crippen LogP contribution in [-0.4, -0.2) is 14.5 Å². The molecule has 2 aromatic heterocycles. The monoisotopic (exact) mass is 823 g/mol. The number of nitrogens with zero attached hydrogens (tertiary/aromatic N) is 3. The SMILES string of the molecule is c1ccc(-c2nc(-c3ccc(-c4cc5ccc6cccc7c8cccc9ccc%10cccc(c(c4)c5c67)c%10c98)cc3)cc(-c3ccc4c(c3)c3ccccc3n4-c3ccccc3)n2)cc1. The molecular weight excluding hydrogens is 787 g/mol. The van der Waals surface area contributed by atoms with Crippen molar-refractivity contribution in [2.45, 2.75) is 0 Å². The van der Waals surface area contributed by atoms with Crippen LogP contribution in [0.1, 0.15) is 0 Å². The highest BCUT2D eigenvalue weighted by molar-refractivity contribution is 6.37. The van der Waals surface area contributed by atoms with Gasteiger partial charge in [0.25, 0.3) is 0 Å². The lowest BCUT2D eigenvalue weighted by atomic mass is 9.86. The molecule has 0 N–H and O–H groups in total. The van der Waals surface area contributed by atoms with Gasteiger partial charge in [0.15, 0.2) is 5.82 Å². The third-order valence-electron chi connectivity index (χ3n) is 13.7. The molecule has 0 amide bonds. The van der Waals surface area contributed by atoms with E-state index in [-0.39, 0.29) is 0 Å². The normalized spacial score (nSPS) is 12.0. The molecule has 0 aliphatic heterocycles. The molecule has 0 radical (unpaired) electrons. The number of fused-ring (bicyclic) bond motifs is 5. The van der Waals surface area contributed by atoms with Crippen LogP contribution in [0.4, 0.5) is 0 Å². The van der Waals surface area contributed by atoms with Crippen molar-refractivity contribution < 1.29 is 0 Å². The van der Waals surface area contributed by atoms with Gasteiger partial charge in [0.05, 0.1) is 22.4 Å². The molecule has 14 rings (SSSR count). The molecule has 12 aromatic carbocycles. The molecule has 0 aliphatic rings. The molecule has 0 aliphatic carbocycles. The lowest BCUT2D eigenvalue weighted by molar-refractivity contribution is 1.18. The van der Waals surface area contributed by atoms with Crippen LogP contribution in [0, 0.1) is 0 Å². The first-order chi connectivity index (χ1) is 32.2. The van der Waals surface area contributed by atoms with Gasteiger partial charge in [-0.2, -0.15) is 0 Å². The maximum atomic E-state index is 5.23. The third-order valence-corrected chi connectivity index (χ3v) is 13.7. The minimum Gasteiger partial charge on any atom is -0.309 e. The van der Waals surface area contributed by atoms with E-state index in [4.69, 9.17) is 9.97 Å². The lowest BCUT2D eigenvalue weighted by Crippen LogP contribution is -1.96. The number of para-hydroxylation sites is 2. The third kappa shape index (κ3) is 5.49. The first kappa shape index (κ1) is 35.9. The Morgan fingerprint density at radius 1 is 0.262 bits per heavy atom. The van der Waals surface area contributed by atoms with Gasteiger partial charge in [0.2, 0.25) is 0 Å². The zero-order valence-electron chi connectivity index (χ0n) is 35.2. The number of hydrogen-bond donors (Lipinski definition) is 0. The molecule has 65 heavy (non-hydrogen) atoms. The summed E-state index contributed by atoms with van der Waals surface area (Å²) in [6.45, 7) is 0. The number of hydrogen-bond acceptors (Lipinski definition) is 2. The molecule has 0 saturated carbocycles. The Kier molecular flexibility index (Phi) is 7.69. The predicted octanol–water partition coefficient (Wildman–Crippen LogP) is 16.6. The van der Waals surface area contributed by atoms with Gasteiger partial charge < -0.3 is 4.57 Å². The highest BCUT2D eigenvalue weighted by atomic mass is 15.0. The largest absolute Gasteiger partial charge is 0.309 e. The number of aromatic nitrogens is 3. The molecule has 0 saturated heterocycles. The fraction of sp³-hybridized carbons (Fsp3) is 0. The van der Waals surface area contributed by atoms with E-state index in [9.17, 15) is 0 Å². The average molecular weight is 824 g/mol. The molecular formula is C62H37N3. The van der Waals surface area contributed by atoms with E-state index in [1.807, 2.05) is 18.2 Å². The zero-order chi connectivity index (χ0) is 42.6. The van der Waals surface area contributed by atoms with Gasteiger partial charge >= 0.3 is 0 Å². The zero-order valence-corrected chi connectivity index (χ0v) is 35.2. The van der Waals surface area contributed by atoms with Crippen molar-refractivity contribution in [2.75, 3.05) is 0 Å². The molecule has 3 heteroatoms. The number of rotatable bonds is 5. The second-order valence-corrected chi connectivity index (χ2v) is 17.3. The molecule has 0 fully saturated rings. The Morgan fingerprint density at radius 3 is 1.43 bits per heavy atom. The van der Waals surface area contributed by atoms with E-state index in [1.165, 1.54) is 86.5 Å². The molecule has 300 valence electrons. The van der Waals surface area contributed by atoms with Gasteiger partial charge in [-0.05, 0) is 124 Å². The molecule has 14 aromatic rings. The Labute approximate surface area is 374 Å². The van der Waals surface area contributed by atoms with Crippen LogP contribution in [-0.2, 0) is 0 Å². The summed E-state index contributed by atoms with van der Waals surface area (Å²) < 4.78 is 2.35. The van der Waals surface area contributed by atoms with Crippen LogP contribution in [0.3, 0.4) is 0 Å². The Hall–Kier alpha value is -8.66. The van der Waals surface area contributed by atoms with Crippen LogP contribution in [0.15, 0.2) is 224 Å². The summed E-state index contributed by atoms with van der Waals surface area (Å²) in [5.74, 6) is 0.701. The Balaban J connectivity index is 0.940. The molecule has 0 unspecified atom stereocenters. The van der Waals surface area contributed by atoms with E-state index in [0.29, 0.717) is 5.82 Å². The topological polar surface area (TPSA) is 30.7 Å². The van der Waals surface area contributed by atoms with Gasteiger partial charge in [-0.15, -0.1) is 0 Å². The predicted molar refractivity (Wildman–Crippen MR) is 274 cm³/mol. The summed E-state index contributed by atoms with van der Waals surface area (Å²) in [6.07, 6.45) is 0. The van der Waals surface area contributed by atoms with E-state index < -0.39 is 0 Å². The first-order valence-corrected chi connectivity index (χ1v) is 22.3. The van der Waals surface area contributed by atoms with Gasteiger partial charge in [0.1, 0.15) is 0 Å². The van der Waals surface area contributed by atoms with Gasteiger partial charge in [-0.1, -0.05) is 176 Å². The van der Waals surface area contributed by atoms with Crippen LogP contribution in [0.2, 0.25) is 0 Å². The van der Waals surface area contributed by atoms with Crippen molar-refractivity contribution >= 4 is 86.4 Å². The molecule has 2 heterocycles. The minimum atomic E-state index is 0.701. The van der Waals surface area contributed by atoms with Crippen molar-refractivity contribution in [2.24, 2.45) is 0 Å². The molecule has 0 spiro atoms. The average Bonchev–Trinajstić information content (AvgIpc) is 3.71. The van der Waals surface area contributed by atoms with Crippen LogP contribution in [0.25, 0.3) is 137 Å². The van der Waals surface area contributed by atoms with Gasteiger partial charge in [-0.25, -0.2) is 9.97 Å². The van der Waals surface area contributed by atoms with E-state index in [2.05, 4.69) is 211 Å². The van der Waals surface area contributed by atoms with Crippen LogP contribution < -0.4 is 0 Å². The Morgan fingerprint density at radius 2 is 0.754 bits per heavy atom. The van der Waals surface area contributed by atoms with E-state index in [1.54, 1.807) is 0 Å². The summed E-state index contributed by atoms with van der Waals surface area (Å²) in [6, 6.07) is 81.7. The van der Waals surface area contributed by atoms with Crippen LogP contribution in [0.5, 0.6) is 0 Å². The maximum absolute atomic E-state index is 5.23. The lowest BCUT2D eigenvalue weighted by Gasteiger charge is -2.17. The van der Waals surface area contributed by atoms with Crippen molar-refractivity contribution in [3.63, 3.8) is 0 Å². The van der Waals surface area contributed by atoms with Crippen molar-refractivity contribution in [3.8, 4) is 50.7 Å². The number of benzene rings is 11. The summed E-state index contributed by atoms with van der Waals surface area (Å²) in [5, 5.41) is 17.8. The summed E-state index contributed by atoms with van der Waals surface area (Å²) in [5.41, 5.74) is 10.7. The first-order valence-electron chi connectivity index (χ1n) is 22.3. The summed E-state index contributed by atoms with van der Waals surface area (Å²) >= 11 is 0. The van der Waals surface area contributed by atoms with Gasteiger partial charge in [-0.3, -0.25) is 0 Å². The molecule has 0 atom stereocenters. The van der Waals surface area contributed by atoms with Crippen molar-refractivity contribution in [3.05, 3.63) is 224 Å². The summed E-state index contributed by atoms with van der Waals surface area (Å²) in [7, 11) is 0. The standard InChI is InChI=1S/C62H37N3/c1-3-12-43(13-4-1)62-63-54(37-55(64-62)44-32-33-57-52(35-44)48-19-7-8-23-56(48)65(57)47-17-5-2-6-18-47)39-26-24-38(25-27-39)46-34-45-31-30-42-15-10-21-50-49-20-9-14-40-28-29-41-16-11-22-51(60(41)58(40)49)53(36-46)61(45)59(42)50/h1-37H. The highest BCUT2D eigenvalue weighted by Gasteiger charge is 2.18. The quantitative estimate of drug-likeness (QED) is 0.162. The Bertz CT molecular complexity index is 4200. The fourth-order valence-corrected chi connectivity index (χ4v) is 10.7. The van der Waals surface area contributed by atoms with E-state index in [0.717, 1.165) is 44.8 Å². The summed E-state index contributed by atoms with van der Waals surface area (Å²) in [4.78, 5) is 10.5. The smallest absolute Gasteiger partial charge is 0.160 e. The van der Waals surface area contributed by atoms with Crippen LogP contribution >= 0.6 is 0 Å². The highest BCUT2D eigenvalue weighted by Crippen LogP contribution is 2.45. The fourth-order valence-electron chi connectivity index (χ4n) is 10.7. The molecule has 3 nitrogen and oxygen atoms in total. The minimum absolute atomic E-state index is 0.701. The second-order valence-electron chi connectivity index (χ2n) is 17.3. The maximum Gasteiger partial charge on any atom is 0.160 e. The van der Waals surface area contributed by atoms with Gasteiger partial charge in [0, 0.05) is 33.2 Å². The van der Waals surface area contributed by atoms with Crippen molar-refractivity contribution in [1.82, 2.24) is 14.5 Å².